The highest BCUT2D eigenvalue weighted by molar-refractivity contribution is 5.95. The first-order valence-electron chi connectivity index (χ1n) is 13.2. The molecule has 0 amide bonds. The van der Waals surface area contributed by atoms with Gasteiger partial charge < -0.3 is 79.5 Å². The van der Waals surface area contributed by atoms with Gasteiger partial charge in [-0.2, -0.15) is 0 Å². The summed E-state index contributed by atoms with van der Waals surface area (Å²) in [5.74, 6) is -4.28. The largest absolute Gasteiger partial charge is 0.508 e. The van der Waals surface area contributed by atoms with Crippen molar-refractivity contribution in [2.75, 3.05) is 13.2 Å². The average Bonchev–Trinajstić information content (AvgIpc) is 3.01. The molecule has 2 fully saturated rings. The van der Waals surface area contributed by atoms with Gasteiger partial charge in [-0.05, 0) is 24.3 Å². The Morgan fingerprint density at radius 2 is 1.16 bits per heavy atom. The van der Waals surface area contributed by atoms with Crippen molar-refractivity contribution in [1.82, 2.24) is 0 Å². The highest BCUT2D eigenvalue weighted by Gasteiger charge is 2.47. The van der Waals surface area contributed by atoms with Crippen LogP contribution in [0.1, 0.15) is 0 Å². The van der Waals surface area contributed by atoms with Crippen LogP contribution >= 0.6 is 0 Å². The van der Waals surface area contributed by atoms with Crippen molar-refractivity contribution >= 4 is 11.0 Å². The normalized spacial score (nSPS) is 32.5. The number of phenols is 3. The van der Waals surface area contributed by atoms with Crippen LogP contribution in [0.15, 0.2) is 39.5 Å². The summed E-state index contributed by atoms with van der Waals surface area (Å²) in [5.41, 5.74) is -1.33. The maximum Gasteiger partial charge on any atom is 0.229 e. The van der Waals surface area contributed by atoms with Crippen LogP contribution in [-0.2, 0) is 9.47 Å². The van der Waals surface area contributed by atoms with Crippen LogP contribution in [0.2, 0.25) is 0 Å². The lowest BCUT2D eigenvalue weighted by Gasteiger charge is -2.40. The van der Waals surface area contributed by atoms with Crippen LogP contribution in [-0.4, -0.2) is 131 Å². The molecule has 5 rings (SSSR count). The van der Waals surface area contributed by atoms with E-state index in [4.69, 9.17) is 23.4 Å². The molecule has 240 valence electrons. The van der Waals surface area contributed by atoms with Gasteiger partial charge in [-0.1, -0.05) is 0 Å². The second-order valence-electron chi connectivity index (χ2n) is 10.2. The highest BCUT2D eigenvalue weighted by atomic mass is 16.7. The molecule has 11 N–H and O–H groups in total. The van der Waals surface area contributed by atoms with E-state index in [0.717, 1.165) is 6.07 Å². The van der Waals surface area contributed by atoms with Gasteiger partial charge in [0, 0.05) is 11.6 Å². The molecule has 10 atom stereocenters. The van der Waals surface area contributed by atoms with Gasteiger partial charge in [-0.3, -0.25) is 4.79 Å². The van der Waals surface area contributed by atoms with Crippen molar-refractivity contribution in [3.63, 3.8) is 0 Å². The first kappa shape index (κ1) is 31.7. The number of benzene rings is 2. The molecule has 0 aliphatic carbocycles. The minimum Gasteiger partial charge on any atom is -0.508 e. The van der Waals surface area contributed by atoms with Gasteiger partial charge in [-0.15, -0.1) is 0 Å². The molecule has 1 aromatic heterocycles. The van der Waals surface area contributed by atoms with Crippen LogP contribution in [0.25, 0.3) is 22.3 Å². The summed E-state index contributed by atoms with van der Waals surface area (Å²) < 4.78 is 27.5. The molecule has 17 nitrogen and oxygen atoms in total. The molecule has 3 heterocycles. The average molecular weight is 627 g/mol. The summed E-state index contributed by atoms with van der Waals surface area (Å²) in [6, 6.07) is 6.29. The van der Waals surface area contributed by atoms with E-state index in [2.05, 4.69) is 0 Å². The number of aliphatic hydroxyl groups excluding tert-OH is 8. The van der Waals surface area contributed by atoms with Crippen molar-refractivity contribution in [3.05, 3.63) is 40.6 Å². The lowest BCUT2D eigenvalue weighted by Crippen LogP contribution is -2.60. The second-order valence-corrected chi connectivity index (χ2v) is 10.2. The van der Waals surface area contributed by atoms with Crippen molar-refractivity contribution in [3.8, 4) is 40.1 Å². The minimum absolute atomic E-state index is 0.103. The third-order valence-corrected chi connectivity index (χ3v) is 7.35. The van der Waals surface area contributed by atoms with E-state index in [0.29, 0.717) is 0 Å². The van der Waals surface area contributed by atoms with E-state index in [1.54, 1.807) is 0 Å². The van der Waals surface area contributed by atoms with E-state index >= 15 is 0 Å². The number of fused-ring (bicyclic) bond motifs is 1. The molecule has 0 spiro atoms. The maximum absolute atomic E-state index is 13.3. The molecule has 0 unspecified atom stereocenters. The first-order chi connectivity index (χ1) is 20.9. The number of hydrogen-bond donors (Lipinski definition) is 11. The van der Waals surface area contributed by atoms with E-state index in [1.807, 2.05) is 0 Å². The number of rotatable bonds is 7. The molecular weight excluding hydrogens is 596 g/mol. The third-order valence-electron chi connectivity index (χ3n) is 7.35. The van der Waals surface area contributed by atoms with E-state index < -0.39 is 114 Å². The number of hydrogen-bond acceptors (Lipinski definition) is 17. The minimum atomic E-state index is -2.01. The number of ether oxygens (including phenoxy) is 4. The predicted molar refractivity (Wildman–Crippen MR) is 142 cm³/mol. The van der Waals surface area contributed by atoms with Gasteiger partial charge in [0.25, 0.3) is 0 Å². The molecule has 2 aliphatic rings. The van der Waals surface area contributed by atoms with Gasteiger partial charge in [0.05, 0.1) is 13.2 Å². The number of aliphatic hydroxyl groups is 8. The van der Waals surface area contributed by atoms with E-state index in [-0.39, 0.29) is 17.1 Å². The maximum atomic E-state index is 13.3. The highest BCUT2D eigenvalue weighted by Crippen LogP contribution is 2.51. The lowest BCUT2D eigenvalue weighted by molar-refractivity contribution is -0.279. The molecule has 0 radical (unpaired) electrons. The van der Waals surface area contributed by atoms with Crippen molar-refractivity contribution in [2.24, 2.45) is 0 Å². The lowest BCUT2D eigenvalue weighted by atomic mass is 9.99. The Labute approximate surface area is 246 Å². The first-order valence-corrected chi connectivity index (χ1v) is 13.2. The summed E-state index contributed by atoms with van der Waals surface area (Å²) in [4.78, 5) is 13.3. The van der Waals surface area contributed by atoms with Crippen molar-refractivity contribution in [1.29, 1.82) is 0 Å². The zero-order chi connectivity index (χ0) is 32.0. The molecule has 44 heavy (non-hydrogen) atoms. The van der Waals surface area contributed by atoms with Crippen molar-refractivity contribution in [2.45, 2.75) is 61.4 Å². The van der Waals surface area contributed by atoms with Crippen molar-refractivity contribution < 1.29 is 79.5 Å². The monoisotopic (exact) mass is 626 g/mol. The Morgan fingerprint density at radius 3 is 1.66 bits per heavy atom. The van der Waals surface area contributed by atoms with Crippen LogP contribution in [0, 0.1) is 0 Å². The second kappa shape index (κ2) is 12.3. The van der Waals surface area contributed by atoms with Gasteiger partial charge in [0.1, 0.15) is 65.7 Å². The Bertz CT molecular complexity index is 1540. The molecule has 0 saturated carbocycles. The molecular formula is C27H30O17. The molecule has 3 aromatic rings. The Morgan fingerprint density at radius 1 is 0.659 bits per heavy atom. The van der Waals surface area contributed by atoms with Gasteiger partial charge in [0.15, 0.2) is 16.8 Å². The Hall–Kier alpha value is -3.75. The fraction of sp³-hybridized carbons (Fsp3) is 0.444. The quantitative estimate of drug-likeness (QED) is 0.124. The number of aromatic hydroxyl groups is 3. The summed E-state index contributed by atoms with van der Waals surface area (Å²) in [6.45, 7) is -1.67. The van der Waals surface area contributed by atoms with Crippen LogP contribution in [0.4, 0.5) is 0 Å². The molecule has 0 bridgehead atoms. The summed E-state index contributed by atoms with van der Waals surface area (Å²) in [7, 11) is 0. The van der Waals surface area contributed by atoms with Crippen LogP contribution in [0.5, 0.6) is 28.7 Å². The Kier molecular flexibility index (Phi) is 8.87. The van der Waals surface area contributed by atoms with Crippen LogP contribution in [0.3, 0.4) is 0 Å². The van der Waals surface area contributed by atoms with E-state index in [1.165, 1.54) is 24.3 Å². The zero-order valence-electron chi connectivity index (χ0n) is 22.4. The third kappa shape index (κ3) is 5.50. The summed E-state index contributed by atoms with van der Waals surface area (Å²) >= 11 is 0. The molecule has 2 saturated heterocycles. The predicted octanol–water partition coefficient (Wildman–Crippen LogP) is -3.07. The number of phenolic OH excluding ortho intramolecular Hbond substituents is 3. The van der Waals surface area contributed by atoms with E-state index in [9.17, 15) is 61.0 Å². The molecule has 2 aromatic carbocycles. The Balaban J connectivity index is 1.67. The summed E-state index contributed by atoms with van der Waals surface area (Å²) in [6.07, 6.45) is -18.2. The summed E-state index contributed by atoms with van der Waals surface area (Å²) in [5, 5.41) is 112. The molecule has 17 heteroatoms. The smallest absolute Gasteiger partial charge is 0.229 e. The fourth-order valence-electron chi connectivity index (χ4n) is 4.86. The fourth-order valence-corrected chi connectivity index (χ4v) is 4.86. The molecule has 2 aliphatic heterocycles. The zero-order valence-corrected chi connectivity index (χ0v) is 22.4. The SMILES string of the molecule is O=c1cc(-c2ccc(O)cc2)oc2c(O[C@@H]3O[C@H](CO)[C@@H](O)[C@H](O)[C@@H]3O)c(O)c(O[C@@H]3O[C@H](CO)[C@H](O)[C@H](O)[C@H]3O)c(O)c12. The van der Waals surface area contributed by atoms with Crippen LogP contribution < -0.4 is 14.9 Å². The standard InChI is InChI=1S/C27H30O17/c28-6-12-15(32)18(35)20(37)26(41-12)43-24-17(34)14-10(31)5-11(8-1-3-9(30)4-2-8)40-23(14)25(22(24)39)44-27-21(38)19(36)16(33)13(7-29)42-27/h1-5,12-13,15-16,18-21,26-30,32-39H,6-7H2/t12-,13-,15+,16-,18+,19+,20-,21+,26+,27+/m1/s1. The van der Waals surface area contributed by atoms with Gasteiger partial charge in [-0.25, -0.2) is 0 Å². The van der Waals surface area contributed by atoms with Gasteiger partial charge in [0.2, 0.25) is 29.8 Å². The van der Waals surface area contributed by atoms with Gasteiger partial charge >= 0.3 is 0 Å². The topological polar surface area (TPSA) is 290 Å².